The van der Waals surface area contributed by atoms with Gasteiger partial charge in [-0.15, -0.1) is 11.8 Å². The smallest absolute Gasteiger partial charge is 0.230 e. The fourth-order valence-electron chi connectivity index (χ4n) is 2.62. The van der Waals surface area contributed by atoms with Crippen LogP contribution in [0, 0.1) is 0 Å². The Labute approximate surface area is 138 Å². The Morgan fingerprint density at radius 1 is 1.32 bits per heavy atom. The van der Waals surface area contributed by atoms with E-state index in [4.69, 9.17) is 0 Å². The lowest BCUT2D eigenvalue weighted by Gasteiger charge is -2.33. The summed E-state index contributed by atoms with van der Waals surface area (Å²) in [5.41, 5.74) is 2.90. The minimum atomic E-state index is 0.138. The number of amides is 1. The minimum absolute atomic E-state index is 0.138. The van der Waals surface area contributed by atoms with Crippen molar-refractivity contribution in [3.8, 4) is 0 Å². The van der Waals surface area contributed by atoms with Crippen molar-refractivity contribution in [3.05, 3.63) is 35.4 Å². The summed E-state index contributed by atoms with van der Waals surface area (Å²) >= 11 is 1.69. The molecular weight excluding hydrogens is 292 g/mol. The van der Waals surface area contributed by atoms with E-state index in [0.717, 1.165) is 26.1 Å². The molecule has 0 fully saturated rings. The van der Waals surface area contributed by atoms with E-state index in [0.29, 0.717) is 11.8 Å². The monoisotopic (exact) mass is 320 g/mol. The van der Waals surface area contributed by atoms with Gasteiger partial charge in [0.05, 0.1) is 5.75 Å². The van der Waals surface area contributed by atoms with Crippen LogP contribution in [0.1, 0.15) is 38.8 Å². The second-order valence-corrected chi connectivity index (χ2v) is 8.85. The van der Waals surface area contributed by atoms with Crippen LogP contribution in [0.3, 0.4) is 0 Å². The van der Waals surface area contributed by atoms with E-state index in [9.17, 15) is 4.79 Å². The number of hydrogen-bond acceptors (Lipinski definition) is 3. The van der Waals surface area contributed by atoms with Gasteiger partial charge in [-0.1, -0.05) is 45.0 Å². The van der Waals surface area contributed by atoms with Crippen molar-refractivity contribution < 1.29 is 4.79 Å². The molecule has 0 bridgehead atoms. The molecule has 0 spiro atoms. The van der Waals surface area contributed by atoms with Gasteiger partial charge >= 0.3 is 0 Å². The van der Waals surface area contributed by atoms with Crippen LogP contribution in [0.15, 0.2) is 24.3 Å². The van der Waals surface area contributed by atoms with Gasteiger partial charge in [0.2, 0.25) is 5.91 Å². The largest absolute Gasteiger partial charge is 0.354 e. The minimum Gasteiger partial charge on any atom is -0.354 e. The number of rotatable bonds is 5. The fraction of sp³-hybridized carbons (Fsp3) is 0.611. The second kappa shape index (κ2) is 7.51. The van der Waals surface area contributed by atoms with E-state index in [1.54, 1.807) is 11.8 Å². The first-order chi connectivity index (χ1) is 10.3. The molecule has 1 atom stereocenters. The zero-order valence-electron chi connectivity index (χ0n) is 14.2. The van der Waals surface area contributed by atoms with Gasteiger partial charge in [-0.05, 0) is 24.5 Å². The van der Waals surface area contributed by atoms with Gasteiger partial charge < -0.3 is 5.32 Å². The molecule has 0 saturated carbocycles. The molecule has 1 unspecified atom stereocenters. The molecule has 1 aromatic rings. The molecule has 1 aliphatic heterocycles. The maximum Gasteiger partial charge on any atom is 0.230 e. The fourth-order valence-corrected chi connectivity index (χ4v) is 3.28. The average Bonchev–Trinajstić information content (AvgIpc) is 2.49. The van der Waals surface area contributed by atoms with Crippen LogP contribution in [0.2, 0.25) is 0 Å². The SMILES string of the molecule is CC(CNC(=O)CSC(C)(C)C)N1CCc2ccccc2C1. The van der Waals surface area contributed by atoms with Crippen LogP contribution >= 0.6 is 11.8 Å². The number of nitrogens with zero attached hydrogens (tertiary/aromatic N) is 1. The van der Waals surface area contributed by atoms with Crippen LogP contribution in [0.5, 0.6) is 0 Å². The third-order valence-corrected chi connectivity index (χ3v) is 5.29. The molecule has 0 saturated heterocycles. The molecule has 22 heavy (non-hydrogen) atoms. The molecule has 1 amide bonds. The van der Waals surface area contributed by atoms with Crippen molar-refractivity contribution in [2.24, 2.45) is 0 Å². The summed E-state index contributed by atoms with van der Waals surface area (Å²) in [6, 6.07) is 9.04. The van der Waals surface area contributed by atoms with Gasteiger partial charge in [0, 0.05) is 30.4 Å². The summed E-state index contributed by atoms with van der Waals surface area (Å²) in [4.78, 5) is 14.4. The molecule has 3 nitrogen and oxygen atoms in total. The number of carbonyl (C=O) groups is 1. The Hall–Kier alpha value is -1.00. The van der Waals surface area contributed by atoms with Crippen molar-refractivity contribution in [1.82, 2.24) is 10.2 Å². The van der Waals surface area contributed by atoms with Crippen molar-refractivity contribution >= 4 is 17.7 Å². The molecule has 4 heteroatoms. The molecule has 1 aliphatic rings. The van der Waals surface area contributed by atoms with E-state index in [2.05, 4.69) is 62.2 Å². The van der Waals surface area contributed by atoms with Crippen LogP contribution in [-0.2, 0) is 17.8 Å². The Balaban J connectivity index is 1.76. The second-order valence-electron chi connectivity index (χ2n) is 7.04. The lowest BCUT2D eigenvalue weighted by Crippen LogP contribution is -2.44. The first-order valence-electron chi connectivity index (χ1n) is 8.06. The van der Waals surface area contributed by atoms with Gasteiger partial charge in [0.15, 0.2) is 0 Å². The maximum absolute atomic E-state index is 11.9. The summed E-state index contributed by atoms with van der Waals surface area (Å²) < 4.78 is 0.138. The zero-order chi connectivity index (χ0) is 16.2. The summed E-state index contributed by atoms with van der Waals surface area (Å²) in [6.07, 6.45) is 1.11. The van der Waals surface area contributed by atoms with Gasteiger partial charge in [0.25, 0.3) is 0 Å². The normalized spacial score (nSPS) is 16.9. The highest BCUT2D eigenvalue weighted by Gasteiger charge is 2.21. The number of hydrogen-bond donors (Lipinski definition) is 1. The quantitative estimate of drug-likeness (QED) is 0.905. The summed E-state index contributed by atoms with van der Waals surface area (Å²) in [6.45, 7) is 11.4. The molecular formula is C18H28N2OS. The lowest BCUT2D eigenvalue weighted by atomic mass is 9.99. The number of nitrogens with one attached hydrogen (secondary N) is 1. The molecule has 122 valence electrons. The molecule has 1 aromatic carbocycles. The highest BCUT2D eigenvalue weighted by atomic mass is 32.2. The summed E-state index contributed by atoms with van der Waals surface area (Å²) in [5.74, 6) is 0.683. The lowest BCUT2D eigenvalue weighted by molar-refractivity contribution is -0.118. The third kappa shape index (κ3) is 5.33. The summed E-state index contributed by atoms with van der Waals surface area (Å²) in [7, 11) is 0. The molecule has 1 N–H and O–H groups in total. The van der Waals surface area contributed by atoms with E-state index in [-0.39, 0.29) is 10.7 Å². The first-order valence-corrected chi connectivity index (χ1v) is 9.05. The summed E-state index contributed by atoms with van der Waals surface area (Å²) in [5, 5.41) is 3.07. The zero-order valence-corrected chi connectivity index (χ0v) is 15.0. The number of carbonyl (C=O) groups excluding carboxylic acids is 1. The first kappa shape index (κ1) is 17.4. The predicted octanol–water partition coefficient (Wildman–Crippen LogP) is 3.08. The molecule has 2 rings (SSSR count). The van der Waals surface area contributed by atoms with Gasteiger partial charge in [-0.2, -0.15) is 0 Å². The van der Waals surface area contributed by atoms with Crippen LogP contribution in [-0.4, -0.2) is 40.4 Å². The third-order valence-electron chi connectivity index (χ3n) is 4.01. The van der Waals surface area contributed by atoms with Crippen molar-refractivity contribution in [2.75, 3.05) is 18.8 Å². The highest BCUT2D eigenvalue weighted by Crippen LogP contribution is 2.22. The number of thioether (sulfide) groups is 1. The molecule has 0 aliphatic carbocycles. The Morgan fingerprint density at radius 3 is 2.68 bits per heavy atom. The van der Waals surface area contributed by atoms with Crippen LogP contribution in [0.4, 0.5) is 0 Å². The Kier molecular flexibility index (Phi) is 5.93. The molecule has 1 heterocycles. The topological polar surface area (TPSA) is 32.3 Å². The van der Waals surface area contributed by atoms with Crippen molar-refractivity contribution in [2.45, 2.75) is 51.4 Å². The van der Waals surface area contributed by atoms with Crippen molar-refractivity contribution in [1.29, 1.82) is 0 Å². The number of benzene rings is 1. The maximum atomic E-state index is 11.9. The van der Waals surface area contributed by atoms with Gasteiger partial charge in [-0.25, -0.2) is 0 Å². The number of fused-ring (bicyclic) bond motifs is 1. The van der Waals surface area contributed by atoms with E-state index in [1.807, 2.05) is 0 Å². The Bertz CT molecular complexity index is 510. The average molecular weight is 321 g/mol. The highest BCUT2D eigenvalue weighted by molar-refractivity contribution is 8.01. The standard InChI is InChI=1S/C18H28N2OS/c1-14(11-19-17(21)13-22-18(2,3)4)20-10-9-15-7-5-6-8-16(15)12-20/h5-8,14H,9-13H2,1-4H3,(H,19,21). The molecule has 0 aromatic heterocycles. The van der Waals surface area contributed by atoms with Crippen molar-refractivity contribution in [3.63, 3.8) is 0 Å². The van der Waals surface area contributed by atoms with Gasteiger partial charge in [0.1, 0.15) is 0 Å². The van der Waals surface area contributed by atoms with Crippen LogP contribution in [0.25, 0.3) is 0 Å². The van der Waals surface area contributed by atoms with E-state index >= 15 is 0 Å². The Morgan fingerprint density at radius 2 is 2.00 bits per heavy atom. The van der Waals surface area contributed by atoms with Crippen LogP contribution < -0.4 is 5.32 Å². The predicted molar refractivity (Wildman–Crippen MR) is 95.2 cm³/mol. The van der Waals surface area contributed by atoms with E-state index in [1.165, 1.54) is 11.1 Å². The van der Waals surface area contributed by atoms with E-state index < -0.39 is 0 Å². The van der Waals surface area contributed by atoms with Gasteiger partial charge in [-0.3, -0.25) is 9.69 Å². The molecule has 0 radical (unpaired) electrons.